The summed E-state index contributed by atoms with van der Waals surface area (Å²) in [6.07, 6.45) is 3.13. The summed E-state index contributed by atoms with van der Waals surface area (Å²) < 4.78 is 6.71. The van der Waals surface area contributed by atoms with Crippen LogP contribution in [0.25, 0.3) is 10.2 Å². The van der Waals surface area contributed by atoms with Gasteiger partial charge in [-0.2, -0.15) is 0 Å². The molecule has 1 saturated heterocycles. The molecule has 0 spiro atoms. The number of fused-ring (bicyclic) bond motifs is 1. The number of amides is 1. The van der Waals surface area contributed by atoms with Crippen LogP contribution in [0.3, 0.4) is 0 Å². The van der Waals surface area contributed by atoms with Crippen LogP contribution in [0.1, 0.15) is 23.3 Å². The monoisotopic (exact) mass is 441 g/mol. The van der Waals surface area contributed by atoms with E-state index in [-0.39, 0.29) is 32.8 Å². The number of aromatic nitrogens is 2. The lowest BCUT2D eigenvalue weighted by Gasteiger charge is -2.23. The number of thiazole rings is 1. The summed E-state index contributed by atoms with van der Waals surface area (Å²) in [5.74, 6) is -0.381. The Morgan fingerprint density at radius 1 is 1.26 bits per heavy atom. The van der Waals surface area contributed by atoms with Gasteiger partial charge in [0.15, 0.2) is 5.13 Å². The Morgan fingerprint density at radius 3 is 2.81 bits per heavy atom. The molecule has 4 rings (SSSR count). The number of halogens is 3. The number of pyridine rings is 1. The fraction of sp³-hybridized carbons (Fsp3) is 0.278. The number of anilines is 1. The molecule has 1 unspecified atom stereocenters. The highest BCUT2D eigenvalue weighted by molar-refractivity contribution is 7.22. The van der Waals surface area contributed by atoms with Gasteiger partial charge in [-0.3, -0.25) is 9.69 Å². The molecule has 9 heteroatoms. The molecule has 1 aliphatic rings. The van der Waals surface area contributed by atoms with Crippen LogP contribution in [0.4, 0.5) is 5.13 Å². The zero-order chi connectivity index (χ0) is 19.0. The number of hydrogen-bond donors (Lipinski definition) is 0. The van der Waals surface area contributed by atoms with Crippen molar-refractivity contribution >= 4 is 67.4 Å². The Hall–Kier alpha value is -1.44. The summed E-state index contributed by atoms with van der Waals surface area (Å²) in [6.45, 7) is 1.06. The second-order valence-electron chi connectivity index (χ2n) is 6.10. The van der Waals surface area contributed by atoms with E-state index in [0.29, 0.717) is 18.3 Å². The zero-order valence-corrected chi connectivity index (χ0v) is 17.1. The highest BCUT2D eigenvalue weighted by atomic mass is 35.5. The molecule has 0 aliphatic carbocycles. The van der Waals surface area contributed by atoms with Crippen LogP contribution in [-0.4, -0.2) is 35.1 Å². The Kier molecular flexibility index (Phi) is 5.53. The molecule has 27 heavy (non-hydrogen) atoms. The third kappa shape index (κ3) is 3.77. The largest absolute Gasteiger partial charge is 0.376 e. The highest BCUT2D eigenvalue weighted by Crippen LogP contribution is 2.34. The lowest BCUT2D eigenvalue weighted by atomic mass is 10.2. The second kappa shape index (κ2) is 7.89. The van der Waals surface area contributed by atoms with Crippen LogP contribution in [0.5, 0.6) is 0 Å². The average Bonchev–Trinajstić information content (AvgIpc) is 3.33. The molecule has 1 aliphatic heterocycles. The van der Waals surface area contributed by atoms with Gasteiger partial charge in [0.2, 0.25) is 0 Å². The van der Waals surface area contributed by atoms with Crippen LogP contribution >= 0.6 is 46.1 Å². The zero-order valence-electron chi connectivity index (χ0n) is 14.0. The van der Waals surface area contributed by atoms with Crippen molar-refractivity contribution in [2.24, 2.45) is 0 Å². The fourth-order valence-electron chi connectivity index (χ4n) is 2.94. The van der Waals surface area contributed by atoms with Crippen molar-refractivity contribution in [2.45, 2.75) is 18.9 Å². The lowest BCUT2D eigenvalue weighted by Crippen LogP contribution is -2.38. The van der Waals surface area contributed by atoms with E-state index in [0.717, 1.165) is 23.1 Å². The molecule has 5 nitrogen and oxygen atoms in total. The van der Waals surface area contributed by atoms with Crippen molar-refractivity contribution in [2.75, 3.05) is 18.1 Å². The molecule has 0 saturated carbocycles. The number of hydrogen-bond acceptors (Lipinski definition) is 5. The first-order valence-electron chi connectivity index (χ1n) is 8.33. The molecule has 140 valence electrons. The molecular formula is C18H14Cl3N3O2S. The van der Waals surface area contributed by atoms with Crippen molar-refractivity contribution in [3.8, 4) is 0 Å². The Bertz CT molecular complexity index is 972. The third-order valence-corrected chi connectivity index (χ3v) is 6.59. The van der Waals surface area contributed by atoms with Gasteiger partial charge >= 0.3 is 0 Å². The summed E-state index contributed by atoms with van der Waals surface area (Å²) in [6, 6.07) is 7.73. The van der Waals surface area contributed by atoms with Gasteiger partial charge in [0, 0.05) is 12.8 Å². The highest BCUT2D eigenvalue weighted by Gasteiger charge is 2.29. The van der Waals surface area contributed by atoms with E-state index in [2.05, 4.69) is 9.97 Å². The van der Waals surface area contributed by atoms with E-state index in [1.807, 2.05) is 24.3 Å². The fourth-order valence-corrected chi connectivity index (χ4v) is 4.47. The summed E-state index contributed by atoms with van der Waals surface area (Å²) in [7, 11) is 0. The topological polar surface area (TPSA) is 55.3 Å². The first kappa shape index (κ1) is 18.9. The van der Waals surface area contributed by atoms with Gasteiger partial charge in [-0.25, -0.2) is 9.97 Å². The average molecular weight is 443 g/mol. The first-order chi connectivity index (χ1) is 13.0. The van der Waals surface area contributed by atoms with E-state index in [1.54, 1.807) is 4.90 Å². The minimum atomic E-state index is -0.381. The molecule has 1 fully saturated rings. The van der Waals surface area contributed by atoms with E-state index in [4.69, 9.17) is 39.5 Å². The number of para-hydroxylation sites is 1. The Morgan fingerprint density at radius 2 is 2.07 bits per heavy atom. The predicted octanol–water partition coefficient (Wildman–Crippen LogP) is 5.48. The minimum absolute atomic E-state index is 0.0348. The molecule has 2 aromatic heterocycles. The molecule has 1 aromatic carbocycles. The van der Waals surface area contributed by atoms with Crippen molar-refractivity contribution in [3.63, 3.8) is 0 Å². The van der Waals surface area contributed by atoms with E-state index >= 15 is 0 Å². The van der Waals surface area contributed by atoms with E-state index in [1.165, 1.54) is 17.5 Å². The van der Waals surface area contributed by atoms with Crippen molar-refractivity contribution in [1.82, 2.24) is 9.97 Å². The molecule has 0 radical (unpaired) electrons. The maximum atomic E-state index is 13.3. The van der Waals surface area contributed by atoms with Gasteiger partial charge in [0.05, 0.1) is 37.9 Å². The normalized spacial score (nSPS) is 16.8. The lowest BCUT2D eigenvalue weighted by molar-refractivity contribution is 0.0913. The van der Waals surface area contributed by atoms with Crippen LogP contribution in [0.15, 0.2) is 30.5 Å². The van der Waals surface area contributed by atoms with Crippen LogP contribution in [0.2, 0.25) is 15.1 Å². The summed E-state index contributed by atoms with van der Waals surface area (Å²) >= 11 is 19.7. The van der Waals surface area contributed by atoms with Gasteiger partial charge in [0.25, 0.3) is 5.91 Å². The number of carbonyl (C=O) groups is 1. The maximum absolute atomic E-state index is 13.3. The minimum Gasteiger partial charge on any atom is -0.376 e. The summed E-state index contributed by atoms with van der Waals surface area (Å²) in [5, 5.41) is 0.912. The molecule has 3 heterocycles. The van der Waals surface area contributed by atoms with Gasteiger partial charge in [-0.15, -0.1) is 0 Å². The molecule has 0 bridgehead atoms. The van der Waals surface area contributed by atoms with E-state index < -0.39 is 0 Å². The third-order valence-electron chi connectivity index (χ3n) is 4.29. The number of ether oxygens (including phenoxy) is 1. The standard InChI is InChI=1S/C18H14Cl3N3O2S/c19-11-8-22-16(15(21)14(11)20)17(25)24(9-10-4-3-7-26-10)18-23-12-5-1-2-6-13(12)27-18/h1-2,5-6,8,10H,3-4,7,9H2. The molecule has 0 N–H and O–H groups in total. The van der Waals surface area contributed by atoms with Crippen LogP contribution in [-0.2, 0) is 4.74 Å². The van der Waals surface area contributed by atoms with Crippen molar-refractivity contribution in [1.29, 1.82) is 0 Å². The molecule has 1 amide bonds. The van der Waals surface area contributed by atoms with E-state index in [9.17, 15) is 4.79 Å². The predicted molar refractivity (Wildman–Crippen MR) is 110 cm³/mol. The number of rotatable bonds is 4. The van der Waals surface area contributed by atoms with Gasteiger partial charge in [-0.05, 0) is 25.0 Å². The van der Waals surface area contributed by atoms with Gasteiger partial charge in [-0.1, -0.05) is 58.3 Å². The second-order valence-corrected chi connectivity index (χ2v) is 8.27. The van der Waals surface area contributed by atoms with Crippen LogP contribution < -0.4 is 4.90 Å². The van der Waals surface area contributed by atoms with Crippen molar-refractivity contribution in [3.05, 3.63) is 51.2 Å². The Balaban J connectivity index is 1.75. The summed E-state index contributed by atoms with van der Waals surface area (Å²) in [5.41, 5.74) is 0.874. The number of nitrogens with zero attached hydrogens (tertiary/aromatic N) is 3. The number of carbonyl (C=O) groups excluding carboxylic acids is 1. The molecule has 1 atom stereocenters. The first-order valence-corrected chi connectivity index (χ1v) is 10.3. The SMILES string of the molecule is O=C(c1ncc(Cl)c(Cl)c1Cl)N(CC1CCCO1)c1nc2ccccc2s1. The van der Waals surface area contributed by atoms with Gasteiger partial charge in [0.1, 0.15) is 5.69 Å². The molecular weight excluding hydrogens is 429 g/mol. The molecule has 3 aromatic rings. The maximum Gasteiger partial charge on any atom is 0.280 e. The smallest absolute Gasteiger partial charge is 0.280 e. The number of benzene rings is 1. The summed E-state index contributed by atoms with van der Waals surface area (Å²) in [4.78, 5) is 23.6. The van der Waals surface area contributed by atoms with Gasteiger partial charge < -0.3 is 4.74 Å². The van der Waals surface area contributed by atoms with Crippen molar-refractivity contribution < 1.29 is 9.53 Å². The van der Waals surface area contributed by atoms with Crippen LogP contribution in [0, 0.1) is 0 Å². The Labute approximate surface area is 174 Å². The quantitative estimate of drug-likeness (QED) is 0.537.